The number of rotatable bonds is 12. The Morgan fingerprint density at radius 1 is 0.533 bits per heavy atom. The van der Waals surface area contributed by atoms with Gasteiger partial charge >= 0.3 is 0 Å². The van der Waals surface area contributed by atoms with Crippen LogP contribution in [-0.2, 0) is 12.8 Å². The zero-order valence-corrected chi connectivity index (χ0v) is 19.0. The third-order valence-corrected chi connectivity index (χ3v) is 5.40. The summed E-state index contributed by atoms with van der Waals surface area (Å²) in [6.45, 7) is 4.51. The van der Waals surface area contributed by atoms with Crippen LogP contribution < -0.4 is 0 Å². The van der Waals surface area contributed by atoms with Gasteiger partial charge in [0.1, 0.15) is 0 Å². The van der Waals surface area contributed by atoms with Crippen LogP contribution in [0.1, 0.15) is 87.5 Å². The molecule has 2 rings (SSSR count). The van der Waals surface area contributed by atoms with Gasteiger partial charge in [-0.3, -0.25) is 0 Å². The standard InChI is InChI=1S/C30H38/c1-3-5-7-8-12-16-28-23-25-30(26-24-28)18-14-10-9-13-17-29-21-19-27(20-22-29)15-11-6-4-2/h13-14,17-26H,3-8,11-12,15-16H2,1-2H3/b17-13+,18-14+. The smallest absolute Gasteiger partial charge is 0.0109 e. The van der Waals surface area contributed by atoms with Crippen LogP contribution in [0.4, 0.5) is 0 Å². The minimum absolute atomic E-state index is 1.18. The fourth-order valence-corrected chi connectivity index (χ4v) is 3.47. The van der Waals surface area contributed by atoms with E-state index >= 15 is 0 Å². The highest BCUT2D eigenvalue weighted by Crippen LogP contribution is 2.12. The van der Waals surface area contributed by atoms with Crippen LogP contribution in [0.15, 0.2) is 60.7 Å². The fraction of sp³-hybridized carbons (Fsp3) is 0.400. The summed E-state index contributed by atoms with van der Waals surface area (Å²) >= 11 is 0. The van der Waals surface area contributed by atoms with Gasteiger partial charge in [-0.15, -0.1) is 0 Å². The van der Waals surface area contributed by atoms with Crippen molar-refractivity contribution in [3.8, 4) is 11.8 Å². The van der Waals surface area contributed by atoms with E-state index in [9.17, 15) is 0 Å². The monoisotopic (exact) mass is 398 g/mol. The maximum atomic E-state index is 3.10. The van der Waals surface area contributed by atoms with Gasteiger partial charge < -0.3 is 0 Å². The predicted molar refractivity (Wildman–Crippen MR) is 134 cm³/mol. The molecule has 0 bridgehead atoms. The van der Waals surface area contributed by atoms with Crippen molar-refractivity contribution in [2.75, 3.05) is 0 Å². The van der Waals surface area contributed by atoms with E-state index in [4.69, 9.17) is 0 Å². The SMILES string of the molecule is CCCCCCCc1ccc(/C=C/C#C/C=C/c2ccc(CCCCC)cc2)cc1. The summed E-state index contributed by atoms with van der Waals surface area (Å²) in [6.07, 6.45) is 21.0. The van der Waals surface area contributed by atoms with E-state index in [0.717, 1.165) is 0 Å². The van der Waals surface area contributed by atoms with Crippen molar-refractivity contribution in [2.45, 2.75) is 78.1 Å². The number of aryl methyl sites for hydroxylation is 2. The molecule has 0 atom stereocenters. The third kappa shape index (κ3) is 10.3. The third-order valence-electron chi connectivity index (χ3n) is 5.40. The highest BCUT2D eigenvalue weighted by atomic mass is 14.0. The Morgan fingerprint density at radius 3 is 1.40 bits per heavy atom. The molecule has 0 heterocycles. The Hall–Kier alpha value is -2.52. The second-order valence-corrected chi connectivity index (χ2v) is 8.06. The largest absolute Gasteiger partial charge is 0.0702 e. The zero-order valence-electron chi connectivity index (χ0n) is 19.0. The van der Waals surface area contributed by atoms with Crippen LogP contribution in [0.5, 0.6) is 0 Å². The molecule has 0 nitrogen and oxygen atoms in total. The van der Waals surface area contributed by atoms with E-state index in [1.165, 1.54) is 86.5 Å². The quantitative estimate of drug-likeness (QED) is 0.248. The average molecular weight is 399 g/mol. The van der Waals surface area contributed by atoms with E-state index in [1.54, 1.807) is 0 Å². The van der Waals surface area contributed by atoms with Gasteiger partial charge in [-0.1, -0.05) is 113 Å². The van der Waals surface area contributed by atoms with Crippen molar-refractivity contribution in [3.05, 3.63) is 82.9 Å². The van der Waals surface area contributed by atoms with Crippen molar-refractivity contribution in [2.24, 2.45) is 0 Å². The van der Waals surface area contributed by atoms with Crippen LogP contribution in [0, 0.1) is 11.8 Å². The van der Waals surface area contributed by atoms with Crippen molar-refractivity contribution in [1.29, 1.82) is 0 Å². The Morgan fingerprint density at radius 2 is 0.933 bits per heavy atom. The topological polar surface area (TPSA) is 0 Å². The van der Waals surface area contributed by atoms with E-state index in [1.807, 2.05) is 12.2 Å². The van der Waals surface area contributed by atoms with Crippen LogP contribution in [-0.4, -0.2) is 0 Å². The molecule has 0 radical (unpaired) electrons. The zero-order chi connectivity index (χ0) is 21.3. The number of hydrogen-bond acceptors (Lipinski definition) is 0. The Labute approximate surface area is 185 Å². The van der Waals surface area contributed by atoms with Crippen molar-refractivity contribution < 1.29 is 0 Å². The molecule has 158 valence electrons. The lowest BCUT2D eigenvalue weighted by atomic mass is 10.0. The number of allylic oxidation sites excluding steroid dienone is 2. The molecule has 0 aliphatic carbocycles. The molecule has 2 aromatic rings. The number of hydrogen-bond donors (Lipinski definition) is 0. The molecule has 0 saturated heterocycles. The minimum Gasteiger partial charge on any atom is -0.0702 e. The van der Waals surface area contributed by atoms with E-state index in [0.29, 0.717) is 0 Å². The summed E-state index contributed by atoms with van der Waals surface area (Å²) in [5, 5.41) is 0. The molecule has 0 spiro atoms. The highest BCUT2D eigenvalue weighted by Gasteiger charge is 1.95. The van der Waals surface area contributed by atoms with Crippen LogP contribution in [0.25, 0.3) is 12.2 Å². The van der Waals surface area contributed by atoms with Crippen molar-refractivity contribution in [1.82, 2.24) is 0 Å². The van der Waals surface area contributed by atoms with Gasteiger partial charge in [0.15, 0.2) is 0 Å². The highest BCUT2D eigenvalue weighted by molar-refractivity contribution is 5.56. The van der Waals surface area contributed by atoms with Gasteiger partial charge in [-0.05, 0) is 72.2 Å². The van der Waals surface area contributed by atoms with Gasteiger partial charge in [0.2, 0.25) is 0 Å². The molecule has 0 heteroatoms. The fourth-order valence-electron chi connectivity index (χ4n) is 3.47. The van der Waals surface area contributed by atoms with Crippen LogP contribution >= 0.6 is 0 Å². The normalized spacial score (nSPS) is 11.1. The molecule has 0 fully saturated rings. The van der Waals surface area contributed by atoms with Gasteiger partial charge in [-0.25, -0.2) is 0 Å². The molecular formula is C30H38. The molecule has 0 N–H and O–H groups in total. The molecule has 0 unspecified atom stereocenters. The Bertz CT molecular complexity index is 807. The van der Waals surface area contributed by atoms with Gasteiger partial charge in [-0.2, -0.15) is 0 Å². The van der Waals surface area contributed by atoms with E-state index in [2.05, 4.69) is 86.4 Å². The molecule has 0 amide bonds. The summed E-state index contributed by atoms with van der Waals surface area (Å²) in [7, 11) is 0. The number of benzene rings is 2. The lowest BCUT2D eigenvalue weighted by Gasteiger charge is -2.02. The molecule has 0 aromatic heterocycles. The average Bonchev–Trinajstić information content (AvgIpc) is 2.78. The Balaban J connectivity index is 1.72. The molecule has 30 heavy (non-hydrogen) atoms. The summed E-state index contributed by atoms with van der Waals surface area (Å²) in [5.41, 5.74) is 5.28. The Kier molecular flexibility index (Phi) is 12.1. The molecule has 0 saturated carbocycles. The molecule has 2 aromatic carbocycles. The minimum atomic E-state index is 1.18. The van der Waals surface area contributed by atoms with Gasteiger partial charge in [0.25, 0.3) is 0 Å². The first-order chi connectivity index (χ1) is 14.8. The first-order valence-corrected chi connectivity index (χ1v) is 11.8. The maximum Gasteiger partial charge on any atom is -0.0109 e. The van der Waals surface area contributed by atoms with E-state index < -0.39 is 0 Å². The first kappa shape index (κ1) is 23.8. The predicted octanol–water partition coefficient (Wildman–Crippen LogP) is 8.66. The lowest BCUT2D eigenvalue weighted by Crippen LogP contribution is -1.86. The molecular weight excluding hydrogens is 360 g/mol. The van der Waals surface area contributed by atoms with Gasteiger partial charge in [0, 0.05) is 0 Å². The second-order valence-electron chi connectivity index (χ2n) is 8.06. The lowest BCUT2D eigenvalue weighted by molar-refractivity contribution is 0.632. The van der Waals surface area contributed by atoms with Gasteiger partial charge in [0.05, 0.1) is 0 Å². The second kappa shape index (κ2) is 15.3. The van der Waals surface area contributed by atoms with Crippen molar-refractivity contribution >= 4 is 12.2 Å². The summed E-state index contributed by atoms with van der Waals surface area (Å²) < 4.78 is 0. The molecule has 0 aliphatic rings. The van der Waals surface area contributed by atoms with Crippen LogP contribution in [0.3, 0.4) is 0 Å². The molecule has 0 aliphatic heterocycles. The van der Waals surface area contributed by atoms with Crippen molar-refractivity contribution in [3.63, 3.8) is 0 Å². The summed E-state index contributed by atoms with van der Waals surface area (Å²) in [6, 6.07) is 17.7. The maximum absolute atomic E-state index is 3.10. The van der Waals surface area contributed by atoms with E-state index in [-0.39, 0.29) is 0 Å². The first-order valence-electron chi connectivity index (χ1n) is 11.8. The number of unbranched alkanes of at least 4 members (excludes halogenated alkanes) is 6. The van der Waals surface area contributed by atoms with Crippen LogP contribution in [0.2, 0.25) is 0 Å². The summed E-state index contributed by atoms with van der Waals surface area (Å²) in [5.74, 6) is 6.20. The summed E-state index contributed by atoms with van der Waals surface area (Å²) in [4.78, 5) is 0.